The molecule has 5 nitrogen and oxygen atoms in total. The largest absolute Gasteiger partial charge is 0.348 e. The quantitative estimate of drug-likeness (QED) is 0.331. The number of halogens is 2. The summed E-state index contributed by atoms with van der Waals surface area (Å²) in [6.07, 6.45) is 2.44. The van der Waals surface area contributed by atoms with Crippen LogP contribution in [0.2, 0.25) is 10.0 Å². The van der Waals surface area contributed by atoms with E-state index in [2.05, 4.69) is 5.32 Å². The van der Waals surface area contributed by atoms with Crippen molar-refractivity contribution in [2.24, 2.45) is 0 Å². The normalized spacial score (nSPS) is 12.5. The zero-order valence-electron chi connectivity index (χ0n) is 18.9. The lowest BCUT2D eigenvalue weighted by Crippen LogP contribution is -2.42. The zero-order valence-corrected chi connectivity index (χ0v) is 22.0. The van der Waals surface area contributed by atoms with Gasteiger partial charge in [-0.1, -0.05) is 65.7 Å². The Balaban J connectivity index is 1.80. The smallest absolute Gasteiger partial charge is 0.245 e. The molecule has 3 aromatic carbocycles. The molecule has 0 aromatic heterocycles. The number of carbonyl (C=O) groups excluding carboxylic acids is 1. The lowest BCUT2D eigenvalue weighted by molar-refractivity contribution is -0.121. The van der Waals surface area contributed by atoms with Gasteiger partial charge in [-0.15, -0.1) is 11.8 Å². The van der Waals surface area contributed by atoms with Gasteiger partial charge in [-0.25, -0.2) is 8.42 Å². The minimum Gasteiger partial charge on any atom is -0.348 e. The number of benzene rings is 3. The van der Waals surface area contributed by atoms with E-state index in [1.54, 1.807) is 11.8 Å². The molecule has 1 atom stereocenters. The van der Waals surface area contributed by atoms with Crippen molar-refractivity contribution in [2.75, 3.05) is 19.3 Å². The molecular weight excluding hydrogens is 511 g/mol. The van der Waals surface area contributed by atoms with Crippen LogP contribution in [-0.4, -0.2) is 38.0 Å². The van der Waals surface area contributed by atoms with E-state index in [-0.39, 0.29) is 34.1 Å². The third kappa shape index (κ3) is 6.99. The molecule has 0 bridgehead atoms. The molecular formula is C25H26Cl2N2O3S2. The highest BCUT2D eigenvalue weighted by Gasteiger charge is 2.29. The van der Waals surface area contributed by atoms with Crippen LogP contribution >= 0.6 is 35.0 Å². The Morgan fingerprint density at radius 1 is 1.03 bits per heavy atom. The molecule has 0 aliphatic rings. The predicted molar refractivity (Wildman–Crippen MR) is 140 cm³/mol. The average Bonchev–Trinajstić information content (AvgIpc) is 2.83. The van der Waals surface area contributed by atoms with Crippen LogP contribution < -0.4 is 5.32 Å². The number of carbonyl (C=O) groups is 1. The molecule has 34 heavy (non-hydrogen) atoms. The van der Waals surface area contributed by atoms with Gasteiger partial charge in [-0.3, -0.25) is 4.79 Å². The molecule has 0 spiro atoms. The van der Waals surface area contributed by atoms with Crippen molar-refractivity contribution in [3.63, 3.8) is 0 Å². The molecule has 0 aliphatic carbocycles. The zero-order chi connectivity index (χ0) is 24.7. The fourth-order valence-corrected chi connectivity index (χ4v) is 5.96. The highest BCUT2D eigenvalue weighted by molar-refractivity contribution is 7.98. The van der Waals surface area contributed by atoms with Crippen molar-refractivity contribution < 1.29 is 13.2 Å². The van der Waals surface area contributed by atoms with Crippen LogP contribution in [0.1, 0.15) is 24.1 Å². The average molecular weight is 538 g/mol. The predicted octanol–water partition coefficient (Wildman–Crippen LogP) is 5.83. The first kappa shape index (κ1) is 26.6. The summed E-state index contributed by atoms with van der Waals surface area (Å²) in [4.78, 5) is 13.9. The van der Waals surface area contributed by atoms with E-state index in [0.717, 1.165) is 20.3 Å². The van der Waals surface area contributed by atoms with E-state index in [1.807, 2.05) is 67.8 Å². The Kier molecular flexibility index (Phi) is 9.45. The van der Waals surface area contributed by atoms with Gasteiger partial charge in [0, 0.05) is 16.5 Å². The molecule has 0 unspecified atom stereocenters. The van der Waals surface area contributed by atoms with Crippen molar-refractivity contribution >= 4 is 50.9 Å². The molecule has 1 N–H and O–H groups in total. The summed E-state index contributed by atoms with van der Waals surface area (Å²) >= 11 is 13.9. The first-order valence-electron chi connectivity index (χ1n) is 10.6. The number of amides is 1. The maximum Gasteiger partial charge on any atom is 0.245 e. The van der Waals surface area contributed by atoms with Crippen molar-refractivity contribution in [3.05, 3.63) is 94.0 Å². The second kappa shape index (κ2) is 12.1. The van der Waals surface area contributed by atoms with E-state index < -0.39 is 15.9 Å². The SMILES string of the molecule is CSc1ccc([C@@H](C)NC(=O)CN(CCc2ccccc2)S(=O)(=O)c2cc(Cl)ccc2Cl)cc1. The number of nitrogens with zero attached hydrogens (tertiary/aromatic N) is 1. The van der Waals surface area contributed by atoms with Crippen molar-refractivity contribution in [3.8, 4) is 0 Å². The molecule has 180 valence electrons. The summed E-state index contributed by atoms with van der Waals surface area (Å²) in [6, 6.07) is 21.4. The first-order valence-corrected chi connectivity index (χ1v) is 14.0. The van der Waals surface area contributed by atoms with E-state index in [0.29, 0.717) is 6.42 Å². The highest BCUT2D eigenvalue weighted by atomic mass is 35.5. The summed E-state index contributed by atoms with van der Waals surface area (Å²) < 4.78 is 28.1. The molecule has 0 saturated heterocycles. The van der Waals surface area contributed by atoms with Gasteiger partial charge in [0.2, 0.25) is 15.9 Å². The van der Waals surface area contributed by atoms with Crippen molar-refractivity contribution in [1.29, 1.82) is 0 Å². The van der Waals surface area contributed by atoms with Gasteiger partial charge in [-0.05, 0) is 61.1 Å². The van der Waals surface area contributed by atoms with Gasteiger partial charge in [0.05, 0.1) is 17.6 Å². The van der Waals surface area contributed by atoms with Crippen LogP contribution in [0.3, 0.4) is 0 Å². The van der Waals surface area contributed by atoms with Gasteiger partial charge >= 0.3 is 0 Å². The van der Waals surface area contributed by atoms with Crippen LogP contribution in [0.4, 0.5) is 0 Å². The Labute approximate surface area is 215 Å². The van der Waals surface area contributed by atoms with E-state index in [4.69, 9.17) is 23.2 Å². The maximum absolute atomic E-state index is 13.5. The molecule has 0 fully saturated rings. The summed E-state index contributed by atoms with van der Waals surface area (Å²) in [5.41, 5.74) is 1.89. The second-order valence-corrected chi connectivity index (χ2v) is 11.3. The van der Waals surface area contributed by atoms with Crippen LogP contribution in [0, 0.1) is 0 Å². The second-order valence-electron chi connectivity index (χ2n) is 7.71. The van der Waals surface area contributed by atoms with Gasteiger partial charge in [0.1, 0.15) is 4.90 Å². The van der Waals surface area contributed by atoms with Crippen molar-refractivity contribution in [1.82, 2.24) is 9.62 Å². The summed E-state index contributed by atoms with van der Waals surface area (Å²) in [7, 11) is -4.08. The fraction of sp³-hybridized carbons (Fsp3) is 0.240. The standard InChI is InChI=1S/C25H26Cl2N2O3S2/c1-18(20-8-11-22(33-2)12-9-20)28-25(30)17-29(15-14-19-6-4-3-5-7-19)34(31,32)24-16-21(26)10-13-23(24)27/h3-13,16,18H,14-15,17H2,1-2H3,(H,28,30)/t18-/m1/s1. The monoisotopic (exact) mass is 536 g/mol. The van der Waals surface area contributed by atoms with Crippen LogP contribution in [-0.2, 0) is 21.2 Å². The molecule has 9 heteroatoms. The molecule has 3 aromatic rings. The number of hydrogen-bond donors (Lipinski definition) is 1. The minimum atomic E-state index is -4.08. The number of sulfonamides is 1. The van der Waals surface area contributed by atoms with Crippen LogP contribution in [0.15, 0.2) is 82.6 Å². The Morgan fingerprint density at radius 2 is 1.71 bits per heavy atom. The third-order valence-corrected chi connectivity index (χ3v) is 8.62. The highest BCUT2D eigenvalue weighted by Crippen LogP contribution is 2.28. The van der Waals surface area contributed by atoms with E-state index >= 15 is 0 Å². The molecule has 1 amide bonds. The number of nitrogens with one attached hydrogen (secondary N) is 1. The summed E-state index contributed by atoms with van der Waals surface area (Å²) in [6.45, 7) is 1.63. The van der Waals surface area contributed by atoms with Crippen LogP contribution in [0.25, 0.3) is 0 Å². The van der Waals surface area contributed by atoms with E-state index in [1.165, 1.54) is 18.2 Å². The number of hydrogen-bond acceptors (Lipinski definition) is 4. The number of rotatable bonds is 10. The topological polar surface area (TPSA) is 66.5 Å². The van der Waals surface area contributed by atoms with Gasteiger partial charge in [0.15, 0.2) is 0 Å². The Hall–Kier alpha value is -2.03. The lowest BCUT2D eigenvalue weighted by atomic mass is 10.1. The molecule has 0 heterocycles. The van der Waals surface area contributed by atoms with Gasteiger partial charge in [0.25, 0.3) is 0 Å². The van der Waals surface area contributed by atoms with E-state index in [9.17, 15) is 13.2 Å². The number of thioether (sulfide) groups is 1. The van der Waals surface area contributed by atoms with Gasteiger partial charge in [-0.2, -0.15) is 4.31 Å². The molecule has 3 rings (SSSR count). The lowest BCUT2D eigenvalue weighted by Gasteiger charge is -2.24. The van der Waals surface area contributed by atoms with Gasteiger partial charge < -0.3 is 5.32 Å². The molecule has 0 radical (unpaired) electrons. The maximum atomic E-state index is 13.5. The fourth-order valence-electron chi connectivity index (χ4n) is 3.42. The molecule has 0 saturated carbocycles. The third-order valence-electron chi connectivity index (χ3n) is 5.32. The van der Waals surface area contributed by atoms with Crippen molar-refractivity contribution in [2.45, 2.75) is 29.2 Å². The first-order chi connectivity index (χ1) is 16.2. The van der Waals surface area contributed by atoms with Crippen LogP contribution in [0.5, 0.6) is 0 Å². The summed E-state index contributed by atoms with van der Waals surface area (Å²) in [5, 5.41) is 3.20. The molecule has 0 aliphatic heterocycles. The Bertz CT molecular complexity index is 1220. The Morgan fingerprint density at radius 3 is 2.35 bits per heavy atom. The summed E-state index contributed by atoms with van der Waals surface area (Å²) in [5.74, 6) is -0.406. The minimum absolute atomic E-state index is 0.0526.